The molecule has 3 aliphatic rings. The Kier molecular flexibility index (Phi) is 3.03. The molecule has 0 spiro atoms. The highest BCUT2D eigenvalue weighted by molar-refractivity contribution is 8.14. The average molecular weight is 270 g/mol. The topological polar surface area (TPSA) is 88.0 Å². The molecule has 1 amide bonds. The molecule has 0 saturated carbocycles. The van der Waals surface area contributed by atoms with Crippen LogP contribution in [0.1, 0.15) is 12.8 Å². The van der Waals surface area contributed by atoms with Crippen molar-refractivity contribution in [1.82, 2.24) is 5.32 Å². The van der Waals surface area contributed by atoms with Crippen LogP contribution in [0.15, 0.2) is 4.99 Å². The minimum Gasteiger partial charge on any atom is -0.481 e. The Morgan fingerprint density at radius 3 is 2.67 bits per heavy atom. The van der Waals surface area contributed by atoms with Crippen LogP contribution in [0.2, 0.25) is 0 Å². The molecule has 6 nitrogen and oxygen atoms in total. The molecular weight excluding hydrogens is 256 g/mol. The second-order valence-electron chi connectivity index (χ2n) is 4.70. The Hall–Kier alpha value is -1.08. The first-order chi connectivity index (χ1) is 8.66. The van der Waals surface area contributed by atoms with Gasteiger partial charge in [0.15, 0.2) is 5.17 Å². The van der Waals surface area contributed by atoms with Crippen LogP contribution in [0.3, 0.4) is 0 Å². The van der Waals surface area contributed by atoms with Crippen molar-refractivity contribution in [3.8, 4) is 0 Å². The smallest absolute Gasteiger partial charge is 0.310 e. The summed E-state index contributed by atoms with van der Waals surface area (Å²) in [5, 5.41) is 12.5. The van der Waals surface area contributed by atoms with E-state index in [9.17, 15) is 14.7 Å². The number of thioether (sulfide) groups is 1. The largest absolute Gasteiger partial charge is 0.481 e. The van der Waals surface area contributed by atoms with E-state index >= 15 is 0 Å². The van der Waals surface area contributed by atoms with Gasteiger partial charge < -0.3 is 15.2 Å². The minimum atomic E-state index is -0.941. The van der Waals surface area contributed by atoms with Crippen LogP contribution in [-0.4, -0.2) is 46.7 Å². The summed E-state index contributed by atoms with van der Waals surface area (Å²) in [5.41, 5.74) is 0. The van der Waals surface area contributed by atoms with Crippen molar-refractivity contribution in [3.05, 3.63) is 0 Å². The van der Waals surface area contributed by atoms with Gasteiger partial charge in [-0.3, -0.25) is 14.6 Å². The molecule has 18 heavy (non-hydrogen) atoms. The van der Waals surface area contributed by atoms with Crippen molar-refractivity contribution < 1.29 is 19.4 Å². The molecule has 2 bridgehead atoms. The number of amides is 1. The monoisotopic (exact) mass is 270 g/mol. The van der Waals surface area contributed by atoms with Crippen LogP contribution in [0.5, 0.6) is 0 Å². The molecule has 3 heterocycles. The fourth-order valence-corrected chi connectivity index (χ4v) is 3.66. The molecule has 98 valence electrons. The van der Waals surface area contributed by atoms with Crippen LogP contribution in [-0.2, 0) is 14.3 Å². The molecular formula is C11H14N2O4S. The van der Waals surface area contributed by atoms with Crippen molar-refractivity contribution in [3.63, 3.8) is 0 Å². The lowest BCUT2D eigenvalue weighted by Crippen LogP contribution is -2.44. The third-order valence-corrected chi connectivity index (χ3v) is 4.57. The quantitative estimate of drug-likeness (QED) is 0.742. The first-order valence-corrected chi connectivity index (χ1v) is 7.02. The number of hydrogen-bond acceptors (Lipinski definition) is 5. The zero-order valence-corrected chi connectivity index (χ0v) is 10.5. The van der Waals surface area contributed by atoms with E-state index in [1.54, 1.807) is 0 Å². The Labute approximate surface area is 108 Å². The molecule has 4 atom stereocenters. The Morgan fingerprint density at radius 2 is 2.06 bits per heavy atom. The van der Waals surface area contributed by atoms with Gasteiger partial charge in [-0.25, -0.2) is 0 Å². The van der Waals surface area contributed by atoms with Gasteiger partial charge in [0.1, 0.15) is 0 Å². The van der Waals surface area contributed by atoms with Gasteiger partial charge in [-0.2, -0.15) is 0 Å². The summed E-state index contributed by atoms with van der Waals surface area (Å²) in [7, 11) is 0. The summed E-state index contributed by atoms with van der Waals surface area (Å²) >= 11 is 1.49. The normalized spacial score (nSPS) is 37.7. The number of nitrogens with zero attached hydrogens (tertiary/aromatic N) is 1. The van der Waals surface area contributed by atoms with E-state index in [0.29, 0.717) is 11.7 Å². The number of carboxylic acids is 1. The highest BCUT2D eigenvalue weighted by atomic mass is 32.2. The van der Waals surface area contributed by atoms with Gasteiger partial charge in [0, 0.05) is 5.75 Å². The summed E-state index contributed by atoms with van der Waals surface area (Å²) in [5.74, 6) is -1.63. The van der Waals surface area contributed by atoms with Crippen molar-refractivity contribution in [2.75, 3.05) is 12.3 Å². The fraction of sp³-hybridized carbons (Fsp3) is 0.727. The number of carbonyl (C=O) groups is 2. The summed E-state index contributed by atoms with van der Waals surface area (Å²) < 4.78 is 5.56. The third kappa shape index (κ3) is 1.91. The minimum absolute atomic E-state index is 0.247. The number of fused-ring (bicyclic) bond motifs is 2. The molecule has 0 radical (unpaired) electrons. The number of aliphatic imine (C=N–C) groups is 1. The predicted molar refractivity (Wildman–Crippen MR) is 65.4 cm³/mol. The highest BCUT2D eigenvalue weighted by Crippen LogP contribution is 2.43. The summed E-state index contributed by atoms with van der Waals surface area (Å²) in [6.07, 6.45) is 0.956. The summed E-state index contributed by atoms with van der Waals surface area (Å²) in [6, 6.07) is 0. The summed E-state index contributed by atoms with van der Waals surface area (Å²) in [4.78, 5) is 27.5. The highest BCUT2D eigenvalue weighted by Gasteiger charge is 2.55. The van der Waals surface area contributed by atoms with Crippen LogP contribution in [0.4, 0.5) is 0 Å². The maximum atomic E-state index is 12.2. The van der Waals surface area contributed by atoms with Crippen LogP contribution in [0, 0.1) is 11.8 Å². The molecule has 0 aromatic rings. The predicted octanol–water partition coefficient (Wildman–Crippen LogP) is 0.0836. The molecule has 0 aliphatic carbocycles. The van der Waals surface area contributed by atoms with Crippen LogP contribution in [0.25, 0.3) is 0 Å². The van der Waals surface area contributed by atoms with E-state index < -0.39 is 17.8 Å². The maximum Gasteiger partial charge on any atom is 0.310 e. The van der Waals surface area contributed by atoms with Gasteiger partial charge in [-0.15, -0.1) is 0 Å². The lowest BCUT2D eigenvalue weighted by molar-refractivity contribution is -0.147. The van der Waals surface area contributed by atoms with Crippen molar-refractivity contribution in [1.29, 1.82) is 0 Å². The van der Waals surface area contributed by atoms with Gasteiger partial charge in [-0.05, 0) is 12.8 Å². The molecule has 2 saturated heterocycles. The van der Waals surface area contributed by atoms with Crippen LogP contribution < -0.4 is 5.32 Å². The Morgan fingerprint density at radius 1 is 1.33 bits per heavy atom. The Bertz CT molecular complexity index is 425. The zero-order valence-electron chi connectivity index (χ0n) is 9.67. The standard InChI is InChI=1S/C11H14N2O4S/c14-9(13-11-12-3-4-18-11)7-5-1-2-6(17-5)8(7)10(15)16/h5-8H,1-4H2,(H,15,16)(H,12,13,14)/t5-,6-,7+,8-/m1/s1. The van der Waals surface area contributed by atoms with Gasteiger partial charge in [-0.1, -0.05) is 11.8 Å². The number of rotatable bonds is 2. The van der Waals surface area contributed by atoms with Crippen LogP contribution >= 0.6 is 11.8 Å². The number of carbonyl (C=O) groups excluding carboxylic acids is 1. The molecule has 7 heteroatoms. The van der Waals surface area contributed by atoms with Crippen molar-refractivity contribution in [2.45, 2.75) is 25.0 Å². The van der Waals surface area contributed by atoms with E-state index in [1.807, 2.05) is 0 Å². The molecule has 3 rings (SSSR count). The average Bonchev–Trinajstić information content (AvgIpc) is 3.03. The number of aliphatic carboxylic acids is 1. The number of carboxylic acid groups (broad SMARTS) is 1. The van der Waals surface area contributed by atoms with E-state index in [1.165, 1.54) is 11.8 Å². The Balaban J connectivity index is 1.73. The zero-order chi connectivity index (χ0) is 12.7. The van der Waals surface area contributed by atoms with Gasteiger partial charge in [0.2, 0.25) is 5.91 Å². The van der Waals surface area contributed by atoms with E-state index in [0.717, 1.165) is 18.6 Å². The van der Waals surface area contributed by atoms with E-state index in [-0.39, 0.29) is 18.1 Å². The van der Waals surface area contributed by atoms with Crippen molar-refractivity contribution in [2.24, 2.45) is 16.8 Å². The summed E-state index contributed by atoms with van der Waals surface area (Å²) in [6.45, 7) is 0.704. The van der Waals surface area contributed by atoms with E-state index in [4.69, 9.17) is 4.74 Å². The molecule has 0 aromatic carbocycles. The lowest BCUT2D eigenvalue weighted by atomic mass is 9.79. The number of nitrogens with one attached hydrogen (secondary N) is 1. The molecule has 2 fully saturated rings. The third-order valence-electron chi connectivity index (χ3n) is 3.68. The fourth-order valence-electron chi connectivity index (χ4n) is 2.92. The van der Waals surface area contributed by atoms with Gasteiger partial charge in [0.25, 0.3) is 0 Å². The molecule has 0 unspecified atom stereocenters. The number of amidine groups is 1. The molecule has 3 aliphatic heterocycles. The first kappa shape index (κ1) is 12.0. The first-order valence-electron chi connectivity index (χ1n) is 6.03. The van der Waals surface area contributed by atoms with Crippen molar-refractivity contribution >= 4 is 28.8 Å². The number of hydrogen-bond donors (Lipinski definition) is 2. The van der Waals surface area contributed by atoms with E-state index in [2.05, 4.69) is 10.3 Å². The lowest BCUT2D eigenvalue weighted by Gasteiger charge is -2.23. The number of ether oxygens (including phenoxy) is 1. The van der Waals surface area contributed by atoms with Gasteiger partial charge in [0.05, 0.1) is 30.6 Å². The second kappa shape index (κ2) is 4.55. The maximum absolute atomic E-state index is 12.2. The molecule has 0 aromatic heterocycles. The molecule has 2 N–H and O–H groups in total. The van der Waals surface area contributed by atoms with Gasteiger partial charge >= 0.3 is 5.97 Å². The SMILES string of the molecule is O=C(NC1=NCCS1)[C@@H]1[C@H](C(=O)O)[C@H]2CC[C@H]1O2. The second-order valence-corrected chi connectivity index (χ2v) is 5.79.